The van der Waals surface area contributed by atoms with Gasteiger partial charge in [-0.15, -0.1) is 4.72 Å². The van der Waals surface area contributed by atoms with Crippen LogP contribution in [0, 0.1) is 5.41 Å². The third-order valence-electron chi connectivity index (χ3n) is 5.12. The van der Waals surface area contributed by atoms with E-state index < -0.39 is 17.0 Å². The van der Waals surface area contributed by atoms with Gasteiger partial charge in [-0.3, -0.25) is 0 Å². The molecule has 0 bridgehead atoms. The summed E-state index contributed by atoms with van der Waals surface area (Å²) in [6.45, 7) is 13.2. The molecule has 2 rings (SSSR count). The second kappa shape index (κ2) is 7.04. The maximum absolute atomic E-state index is 12.5. The molecular formula is C18H34N2O3S. The molecule has 1 unspecified atom stereocenters. The van der Waals surface area contributed by atoms with Crippen LogP contribution >= 0.6 is 0 Å². The summed E-state index contributed by atoms with van der Waals surface area (Å²) in [5.74, 6) is 0. The van der Waals surface area contributed by atoms with Crippen molar-refractivity contribution in [2.45, 2.75) is 90.0 Å². The molecule has 0 aromatic heterocycles. The minimum Gasteiger partial charge on any atom is -0.598 e. The van der Waals surface area contributed by atoms with E-state index in [1.54, 1.807) is 0 Å². The van der Waals surface area contributed by atoms with Crippen LogP contribution in [0.2, 0.25) is 0 Å². The molecule has 0 aromatic rings. The zero-order valence-corrected chi connectivity index (χ0v) is 16.9. The first-order chi connectivity index (χ1) is 10.9. The number of rotatable bonds is 2. The van der Waals surface area contributed by atoms with Crippen molar-refractivity contribution in [1.82, 2.24) is 9.62 Å². The Morgan fingerprint density at radius 3 is 2.25 bits per heavy atom. The molecule has 1 amide bonds. The van der Waals surface area contributed by atoms with E-state index in [1.807, 2.05) is 46.4 Å². The van der Waals surface area contributed by atoms with Gasteiger partial charge in [0.2, 0.25) is 0 Å². The maximum atomic E-state index is 12.5. The zero-order valence-electron chi connectivity index (χ0n) is 16.1. The van der Waals surface area contributed by atoms with E-state index in [-0.39, 0.29) is 16.3 Å². The lowest BCUT2D eigenvalue weighted by Crippen LogP contribution is -2.54. The molecule has 1 saturated carbocycles. The first-order valence-electron chi connectivity index (χ1n) is 9.09. The Balaban J connectivity index is 1.94. The summed E-state index contributed by atoms with van der Waals surface area (Å²) >= 11 is -1.04. The lowest BCUT2D eigenvalue weighted by Gasteiger charge is -2.43. The van der Waals surface area contributed by atoms with Crippen molar-refractivity contribution in [1.29, 1.82) is 0 Å². The van der Waals surface area contributed by atoms with Crippen LogP contribution in [0.5, 0.6) is 0 Å². The van der Waals surface area contributed by atoms with Crippen LogP contribution in [0.25, 0.3) is 0 Å². The second-order valence-electron chi connectivity index (χ2n) is 9.27. The van der Waals surface area contributed by atoms with E-state index in [4.69, 9.17) is 4.74 Å². The predicted octanol–water partition coefficient (Wildman–Crippen LogP) is 3.61. The molecule has 0 aromatic carbocycles. The molecule has 1 N–H and O–H groups in total. The molecule has 5 nitrogen and oxygen atoms in total. The predicted molar refractivity (Wildman–Crippen MR) is 98.1 cm³/mol. The summed E-state index contributed by atoms with van der Waals surface area (Å²) < 4.78 is 21.1. The van der Waals surface area contributed by atoms with Gasteiger partial charge >= 0.3 is 6.09 Å². The first-order valence-corrected chi connectivity index (χ1v) is 10.2. The van der Waals surface area contributed by atoms with Gasteiger partial charge in [-0.25, -0.2) is 4.79 Å². The van der Waals surface area contributed by atoms with Crippen LogP contribution in [-0.2, 0) is 16.1 Å². The van der Waals surface area contributed by atoms with Gasteiger partial charge in [-0.1, -0.05) is 6.42 Å². The maximum Gasteiger partial charge on any atom is 0.410 e. The molecule has 6 heteroatoms. The molecule has 24 heavy (non-hydrogen) atoms. The van der Waals surface area contributed by atoms with Crippen LogP contribution in [0.3, 0.4) is 0 Å². The number of hydrogen-bond donors (Lipinski definition) is 1. The Kier molecular flexibility index (Phi) is 5.83. The SMILES string of the molecule is CC(C)(C)OC(=O)N1CCC2(CCC[C@@H]2N[S+]([O-])C(C)(C)C)CC1. The number of nitrogens with zero attached hydrogens (tertiary/aromatic N) is 1. The third kappa shape index (κ3) is 4.79. The number of carbonyl (C=O) groups excluding carboxylic acids is 1. The standard InChI is InChI=1S/C18H34N2O3S/c1-16(2,3)23-15(21)20-12-10-18(11-13-20)9-7-8-14(18)19-24(22)17(4,5)6/h14,19H,7-13H2,1-6H3/t14-,24?/m0/s1. The van der Waals surface area contributed by atoms with E-state index in [1.165, 1.54) is 6.42 Å². The third-order valence-corrected chi connectivity index (χ3v) is 6.73. The molecule has 140 valence electrons. The Morgan fingerprint density at radius 2 is 1.75 bits per heavy atom. The minimum atomic E-state index is -1.04. The van der Waals surface area contributed by atoms with Crippen LogP contribution in [0.4, 0.5) is 4.79 Å². The summed E-state index contributed by atoms with van der Waals surface area (Å²) in [5, 5.41) is 0. The molecule has 1 spiro atoms. The highest BCUT2D eigenvalue weighted by molar-refractivity contribution is 7.90. The summed E-state index contributed by atoms with van der Waals surface area (Å²) in [5.41, 5.74) is -0.271. The number of hydrogen-bond acceptors (Lipinski definition) is 4. The van der Waals surface area contributed by atoms with Crippen molar-refractivity contribution >= 4 is 17.5 Å². The van der Waals surface area contributed by atoms with Crippen molar-refractivity contribution in [2.75, 3.05) is 13.1 Å². The van der Waals surface area contributed by atoms with E-state index >= 15 is 0 Å². The molecular weight excluding hydrogens is 324 g/mol. The molecule has 2 fully saturated rings. The van der Waals surface area contributed by atoms with E-state index in [0.717, 1.165) is 38.8 Å². The van der Waals surface area contributed by atoms with Gasteiger partial charge in [-0.05, 0) is 72.6 Å². The first kappa shape index (κ1) is 19.9. The number of nitrogens with one attached hydrogen (secondary N) is 1. The largest absolute Gasteiger partial charge is 0.598 e. The van der Waals surface area contributed by atoms with E-state index in [2.05, 4.69) is 4.72 Å². The summed E-state index contributed by atoms with van der Waals surface area (Å²) in [6, 6.07) is 0.290. The van der Waals surface area contributed by atoms with Gasteiger partial charge in [0.05, 0.1) is 6.04 Å². The highest BCUT2D eigenvalue weighted by Crippen LogP contribution is 2.47. The number of amides is 1. The van der Waals surface area contributed by atoms with Gasteiger partial charge in [0.1, 0.15) is 10.3 Å². The number of likely N-dealkylation sites (tertiary alicyclic amines) is 1. The summed E-state index contributed by atoms with van der Waals surface area (Å²) in [4.78, 5) is 14.1. The Morgan fingerprint density at radius 1 is 1.17 bits per heavy atom. The molecule has 1 aliphatic heterocycles. The topological polar surface area (TPSA) is 64.6 Å². The van der Waals surface area contributed by atoms with Crippen molar-refractivity contribution in [3.63, 3.8) is 0 Å². The smallest absolute Gasteiger partial charge is 0.410 e. The zero-order chi connectivity index (χ0) is 18.2. The van der Waals surface area contributed by atoms with Crippen molar-refractivity contribution < 1.29 is 14.1 Å². The lowest BCUT2D eigenvalue weighted by atomic mass is 9.74. The highest BCUT2D eigenvalue weighted by Gasteiger charge is 2.48. The van der Waals surface area contributed by atoms with Crippen molar-refractivity contribution in [3.05, 3.63) is 0 Å². The number of ether oxygens (including phenoxy) is 1. The van der Waals surface area contributed by atoms with Gasteiger partial charge in [0.25, 0.3) is 0 Å². The number of carbonyl (C=O) groups is 1. The normalized spacial score (nSPS) is 25.8. The fourth-order valence-electron chi connectivity index (χ4n) is 3.69. The monoisotopic (exact) mass is 358 g/mol. The average Bonchev–Trinajstić information content (AvgIpc) is 2.79. The Bertz CT molecular complexity index is 448. The average molecular weight is 359 g/mol. The van der Waals surface area contributed by atoms with Gasteiger partial charge < -0.3 is 14.2 Å². The van der Waals surface area contributed by atoms with Crippen LogP contribution in [0.1, 0.15) is 73.6 Å². The lowest BCUT2D eigenvalue weighted by molar-refractivity contribution is 0.00818. The fourth-order valence-corrected chi connectivity index (χ4v) is 4.67. The molecule has 1 heterocycles. The second-order valence-corrected chi connectivity index (χ2v) is 11.3. The highest BCUT2D eigenvalue weighted by atomic mass is 32.2. The fraction of sp³-hybridized carbons (Fsp3) is 0.944. The van der Waals surface area contributed by atoms with Crippen molar-refractivity contribution in [2.24, 2.45) is 5.41 Å². The van der Waals surface area contributed by atoms with Crippen LogP contribution in [0.15, 0.2) is 0 Å². The minimum absolute atomic E-state index is 0.180. The van der Waals surface area contributed by atoms with Gasteiger partial charge in [-0.2, -0.15) is 0 Å². The van der Waals surface area contributed by atoms with E-state index in [0.29, 0.717) is 6.04 Å². The quantitative estimate of drug-likeness (QED) is 0.766. The number of piperidine rings is 1. The Labute approximate surface area is 150 Å². The van der Waals surface area contributed by atoms with Gasteiger partial charge in [0.15, 0.2) is 0 Å². The van der Waals surface area contributed by atoms with Crippen molar-refractivity contribution in [3.8, 4) is 0 Å². The van der Waals surface area contributed by atoms with Gasteiger partial charge in [0, 0.05) is 24.5 Å². The van der Waals surface area contributed by atoms with Crippen LogP contribution < -0.4 is 4.72 Å². The summed E-state index contributed by atoms with van der Waals surface area (Å²) in [7, 11) is 0. The molecule has 2 aliphatic rings. The summed E-state index contributed by atoms with van der Waals surface area (Å²) in [6.07, 6.45) is 5.13. The molecule has 1 saturated heterocycles. The molecule has 2 atom stereocenters. The van der Waals surface area contributed by atoms with E-state index in [9.17, 15) is 9.35 Å². The molecule has 1 aliphatic carbocycles. The van der Waals surface area contributed by atoms with Crippen LogP contribution in [-0.4, -0.2) is 45.0 Å². The molecule has 0 radical (unpaired) electrons. The Hall–Kier alpha value is -0.460.